The molecule has 158 valence electrons. The first-order valence-electron chi connectivity index (χ1n) is 9.44. The number of nitro groups is 1. The highest BCUT2D eigenvalue weighted by molar-refractivity contribution is 7.19. The lowest BCUT2D eigenvalue weighted by atomic mass is 9.83. The van der Waals surface area contributed by atoms with Crippen LogP contribution in [0.5, 0.6) is 0 Å². The van der Waals surface area contributed by atoms with Crippen LogP contribution in [0.2, 0.25) is 0 Å². The zero-order valence-corrected chi connectivity index (χ0v) is 18.6. The number of nitrogens with two attached hydrogens (primary N) is 1. The van der Waals surface area contributed by atoms with E-state index in [1.54, 1.807) is 11.3 Å². The Morgan fingerprint density at radius 1 is 1.16 bits per heavy atom. The van der Waals surface area contributed by atoms with Gasteiger partial charge in [-0.2, -0.15) is 0 Å². The third-order valence-electron chi connectivity index (χ3n) is 5.36. The van der Waals surface area contributed by atoms with Gasteiger partial charge in [0.05, 0.1) is 21.5 Å². The number of nitrogens with one attached hydrogen (secondary N) is 1. The molecular weight excluding hydrogens is 434 g/mol. The summed E-state index contributed by atoms with van der Waals surface area (Å²) in [6, 6.07) is 7.45. The standard InChI is InChI=1S/C22H19N3O4S2/c1-10-8-9-30-20(10)16-15(12(3)26)11(2)24-22-17(16)18(23)21(31-22)19(27)13-4-6-14(7-5-13)25(28)29/h4-9,16,24H,23H2,1-3H3/t16-/m0/s1. The van der Waals surface area contributed by atoms with E-state index in [1.165, 1.54) is 42.5 Å². The minimum Gasteiger partial charge on any atom is -0.397 e. The highest BCUT2D eigenvalue weighted by Gasteiger charge is 2.37. The van der Waals surface area contributed by atoms with Crippen molar-refractivity contribution in [2.45, 2.75) is 26.7 Å². The summed E-state index contributed by atoms with van der Waals surface area (Å²) in [4.78, 5) is 37.5. The van der Waals surface area contributed by atoms with Crippen LogP contribution < -0.4 is 11.1 Å². The fourth-order valence-corrected chi connectivity index (χ4v) is 6.10. The number of nitrogens with zero attached hydrogens (tertiary/aromatic N) is 1. The average molecular weight is 454 g/mol. The lowest BCUT2D eigenvalue weighted by Gasteiger charge is -2.28. The van der Waals surface area contributed by atoms with Crippen LogP contribution in [-0.2, 0) is 4.79 Å². The van der Waals surface area contributed by atoms with Crippen LogP contribution in [0, 0.1) is 17.0 Å². The number of Topliss-reactive ketones (excluding diaryl/α,β-unsaturated/α-hetero) is 1. The summed E-state index contributed by atoms with van der Waals surface area (Å²) < 4.78 is 0. The smallest absolute Gasteiger partial charge is 0.269 e. The molecule has 2 aromatic heterocycles. The minimum absolute atomic E-state index is 0.0534. The third-order valence-corrected chi connectivity index (χ3v) is 7.57. The number of carbonyl (C=O) groups excluding carboxylic acids is 2. The van der Waals surface area contributed by atoms with Gasteiger partial charge in [0.15, 0.2) is 5.78 Å². The first-order chi connectivity index (χ1) is 14.7. The van der Waals surface area contributed by atoms with Crippen LogP contribution in [0.4, 0.5) is 16.4 Å². The van der Waals surface area contributed by atoms with Crippen LogP contribution in [0.1, 0.15) is 51.0 Å². The Labute approximate surface area is 186 Å². The summed E-state index contributed by atoms with van der Waals surface area (Å²) in [5.41, 5.74) is 10.2. The second-order valence-electron chi connectivity index (χ2n) is 7.34. The fraction of sp³-hybridized carbons (Fsp3) is 0.182. The minimum atomic E-state index is -0.512. The normalized spacial score (nSPS) is 15.4. The van der Waals surface area contributed by atoms with Gasteiger partial charge in [-0.25, -0.2) is 0 Å². The number of aryl methyl sites for hydroxylation is 1. The number of thiophene rings is 2. The van der Waals surface area contributed by atoms with Gasteiger partial charge < -0.3 is 11.1 Å². The molecule has 3 N–H and O–H groups in total. The van der Waals surface area contributed by atoms with E-state index in [0.29, 0.717) is 21.7 Å². The number of fused-ring (bicyclic) bond motifs is 1. The van der Waals surface area contributed by atoms with E-state index in [9.17, 15) is 19.7 Å². The molecule has 4 rings (SSSR count). The molecule has 0 fully saturated rings. The van der Waals surface area contributed by atoms with Crippen LogP contribution in [0.3, 0.4) is 0 Å². The summed E-state index contributed by atoms with van der Waals surface area (Å²) in [7, 11) is 0. The van der Waals surface area contributed by atoms with Crippen molar-refractivity contribution in [2.75, 3.05) is 11.1 Å². The third kappa shape index (κ3) is 3.45. The Balaban J connectivity index is 1.84. The molecule has 0 bridgehead atoms. The molecule has 0 amide bonds. The summed E-state index contributed by atoms with van der Waals surface area (Å²) in [5.74, 6) is -0.706. The molecule has 1 atom stereocenters. The Morgan fingerprint density at radius 2 is 1.84 bits per heavy atom. The SMILES string of the molecule is CC(=O)C1=C(C)Nc2sc(C(=O)c3ccc([N+](=O)[O-])cc3)c(N)c2[C@H]1c1sccc1C. The van der Waals surface area contributed by atoms with Crippen LogP contribution in [0.25, 0.3) is 0 Å². The lowest BCUT2D eigenvalue weighted by Crippen LogP contribution is -2.21. The summed E-state index contributed by atoms with van der Waals surface area (Å²) in [6.45, 7) is 5.38. The molecule has 0 radical (unpaired) electrons. The van der Waals surface area contributed by atoms with Gasteiger partial charge in [0.25, 0.3) is 5.69 Å². The van der Waals surface area contributed by atoms with Gasteiger partial charge in [-0.3, -0.25) is 19.7 Å². The van der Waals surface area contributed by atoms with E-state index in [2.05, 4.69) is 5.32 Å². The lowest BCUT2D eigenvalue weighted by molar-refractivity contribution is -0.384. The highest BCUT2D eigenvalue weighted by Crippen LogP contribution is 2.52. The quantitative estimate of drug-likeness (QED) is 0.309. The predicted molar refractivity (Wildman–Crippen MR) is 123 cm³/mol. The van der Waals surface area contributed by atoms with Crippen molar-refractivity contribution < 1.29 is 14.5 Å². The number of rotatable bonds is 5. The number of carbonyl (C=O) groups is 2. The zero-order valence-electron chi connectivity index (χ0n) is 17.0. The van der Waals surface area contributed by atoms with E-state index in [1.807, 2.05) is 25.3 Å². The van der Waals surface area contributed by atoms with Gasteiger partial charge in [0.1, 0.15) is 4.88 Å². The Kier molecular flexibility index (Phi) is 5.24. The molecule has 3 heterocycles. The fourth-order valence-electron chi connectivity index (χ4n) is 3.88. The number of hydrogen-bond acceptors (Lipinski definition) is 8. The molecule has 1 aliphatic rings. The van der Waals surface area contributed by atoms with Crippen LogP contribution in [-0.4, -0.2) is 16.5 Å². The van der Waals surface area contributed by atoms with Crippen molar-refractivity contribution in [2.24, 2.45) is 0 Å². The summed E-state index contributed by atoms with van der Waals surface area (Å²) in [6.07, 6.45) is 0. The van der Waals surface area contributed by atoms with Crippen molar-refractivity contribution in [3.05, 3.63) is 83.5 Å². The van der Waals surface area contributed by atoms with Gasteiger partial charge >= 0.3 is 0 Å². The molecule has 0 unspecified atom stereocenters. The van der Waals surface area contributed by atoms with Crippen molar-refractivity contribution in [1.29, 1.82) is 0 Å². The topological polar surface area (TPSA) is 115 Å². The molecule has 7 nitrogen and oxygen atoms in total. The Morgan fingerprint density at radius 3 is 2.39 bits per heavy atom. The van der Waals surface area contributed by atoms with Crippen LogP contribution in [0.15, 0.2) is 47.0 Å². The molecule has 0 aliphatic carbocycles. The molecule has 1 aromatic carbocycles. The van der Waals surface area contributed by atoms with E-state index >= 15 is 0 Å². The molecule has 31 heavy (non-hydrogen) atoms. The Bertz CT molecular complexity index is 1270. The number of benzene rings is 1. The number of nitro benzene ring substituents is 1. The van der Waals surface area contributed by atoms with Gasteiger partial charge in [-0.1, -0.05) is 0 Å². The van der Waals surface area contributed by atoms with E-state index in [-0.39, 0.29) is 23.2 Å². The monoisotopic (exact) mass is 453 g/mol. The van der Waals surface area contributed by atoms with E-state index in [0.717, 1.165) is 26.7 Å². The number of nitrogen functional groups attached to an aromatic ring is 1. The number of hydrogen-bond donors (Lipinski definition) is 2. The van der Waals surface area contributed by atoms with Crippen molar-refractivity contribution in [1.82, 2.24) is 0 Å². The van der Waals surface area contributed by atoms with Crippen LogP contribution >= 0.6 is 22.7 Å². The van der Waals surface area contributed by atoms with Gasteiger partial charge in [0.2, 0.25) is 5.78 Å². The molecule has 3 aromatic rings. The van der Waals surface area contributed by atoms with Crippen molar-refractivity contribution in [3.8, 4) is 0 Å². The van der Waals surface area contributed by atoms with Gasteiger partial charge in [0, 0.05) is 39.4 Å². The maximum absolute atomic E-state index is 13.2. The molecule has 0 saturated carbocycles. The zero-order chi connectivity index (χ0) is 22.4. The van der Waals surface area contributed by atoms with E-state index in [4.69, 9.17) is 5.73 Å². The predicted octanol–water partition coefficient (Wildman–Crippen LogP) is 5.26. The molecule has 9 heteroatoms. The van der Waals surface area contributed by atoms with Gasteiger partial charge in [-0.15, -0.1) is 22.7 Å². The molecule has 0 saturated heterocycles. The van der Waals surface area contributed by atoms with Gasteiger partial charge in [-0.05, 0) is 49.9 Å². The number of anilines is 2. The maximum atomic E-state index is 13.2. The molecule has 0 spiro atoms. The molecular formula is C22H19N3O4S2. The summed E-state index contributed by atoms with van der Waals surface area (Å²) >= 11 is 2.80. The first-order valence-corrected chi connectivity index (χ1v) is 11.1. The molecule has 1 aliphatic heterocycles. The van der Waals surface area contributed by atoms with Crippen molar-refractivity contribution >= 4 is 50.6 Å². The number of non-ortho nitro benzene ring substituents is 1. The first kappa shape index (κ1) is 21.0. The average Bonchev–Trinajstić information content (AvgIpc) is 3.29. The van der Waals surface area contributed by atoms with E-state index < -0.39 is 4.92 Å². The second-order valence-corrected chi connectivity index (χ2v) is 9.31. The largest absolute Gasteiger partial charge is 0.397 e. The second kappa shape index (κ2) is 7.75. The van der Waals surface area contributed by atoms with Crippen molar-refractivity contribution in [3.63, 3.8) is 0 Å². The number of ketones is 2. The highest BCUT2D eigenvalue weighted by atomic mass is 32.1. The Hall–Kier alpha value is -3.30. The summed E-state index contributed by atoms with van der Waals surface area (Å²) in [5, 5.41) is 16.9. The number of allylic oxidation sites excluding steroid dienone is 2. The maximum Gasteiger partial charge on any atom is 0.269 e.